The van der Waals surface area contributed by atoms with Gasteiger partial charge in [-0.25, -0.2) is 0 Å². The van der Waals surface area contributed by atoms with Gasteiger partial charge < -0.3 is 15.5 Å². The molecule has 0 radical (unpaired) electrons. The summed E-state index contributed by atoms with van der Waals surface area (Å²) in [6.45, 7) is 8.15. The van der Waals surface area contributed by atoms with Gasteiger partial charge in [0.2, 0.25) is 0 Å². The van der Waals surface area contributed by atoms with Crippen molar-refractivity contribution in [2.24, 2.45) is 5.41 Å². The molecule has 0 amide bonds. The highest BCUT2D eigenvalue weighted by Crippen LogP contribution is 2.20. The molecular formula is C11H25NO2. The van der Waals surface area contributed by atoms with E-state index in [1.807, 2.05) is 6.92 Å². The maximum atomic E-state index is 9.33. The zero-order chi connectivity index (χ0) is 11.0. The van der Waals surface area contributed by atoms with Gasteiger partial charge in [-0.2, -0.15) is 0 Å². The average Bonchev–Trinajstić information content (AvgIpc) is 2.14. The summed E-state index contributed by atoms with van der Waals surface area (Å²) in [5, 5.41) is 21.3. The highest BCUT2D eigenvalue weighted by atomic mass is 16.3. The SMILES string of the molecule is CCC(O)CNCC(C)(C)CCCO. The molecule has 3 N–H and O–H groups in total. The molecule has 0 aromatic heterocycles. The quantitative estimate of drug-likeness (QED) is 0.554. The standard InChI is InChI=1S/C11H25NO2/c1-4-10(14)8-12-9-11(2,3)6-5-7-13/h10,12-14H,4-9H2,1-3H3. The Hall–Kier alpha value is -0.120. The topological polar surface area (TPSA) is 52.5 Å². The summed E-state index contributed by atoms with van der Waals surface area (Å²) in [6, 6.07) is 0. The normalized spacial score (nSPS) is 14.4. The number of hydrogen-bond donors (Lipinski definition) is 3. The van der Waals surface area contributed by atoms with Crippen LogP contribution in [0.5, 0.6) is 0 Å². The second kappa shape index (κ2) is 7.21. The van der Waals surface area contributed by atoms with E-state index < -0.39 is 0 Å². The maximum absolute atomic E-state index is 9.33. The first-order valence-corrected chi connectivity index (χ1v) is 5.51. The Morgan fingerprint density at radius 3 is 2.50 bits per heavy atom. The van der Waals surface area contributed by atoms with Gasteiger partial charge in [0.25, 0.3) is 0 Å². The highest BCUT2D eigenvalue weighted by Gasteiger charge is 2.16. The van der Waals surface area contributed by atoms with Crippen molar-refractivity contribution in [3.05, 3.63) is 0 Å². The first-order valence-electron chi connectivity index (χ1n) is 5.51. The Kier molecular flexibility index (Phi) is 7.15. The van der Waals surface area contributed by atoms with Gasteiger partial charge in [-0.05, 0) is 24.7 Å². The molecule has 3 heteroatoms. The molecule has 0 aromatic rings. The minimum absolute atomic E-state index is 0.205. The maximum Gasteiger partial charge on any atom is 0.0662 e. The Balaban J connectivity index is 3.54. The Labute approximate surface area is 87.5 Å². The first kappa shape index (κ1) is 13.9. The van der Waals surface area contributed by atoms with Crippen LogP contribution in [0.15, 0.2) is 0 Å². The fraction of sp³-hybridized carbons (Fsp3) is 1.00. The van der Waals surface area contributed by atoms with Crippen LogP contribution in [0.2, 0.25) is 0 Å². The van der Waals surface area contributed by atoms with Gasteiger partial charge in [-0.15, -0.1) is 0 Å². The van der Waals surface area contributed by atoms with Gasteiger partial charge in [0, 0.05) is 19.7 Å². The molecule has 0 heterocycles. The lowest BCUT2D eigenvalue weighted by Crippen LogP contribution is -2.34. The van der Waals surface area contributed by atoms with Gasteiger partial charge >= 0.3 is 0 Å². The smallest absolute Gasteiger partial charge is 0.0662 e. The number of aliphatic hydroxyl groups is 2. The molecular weight excluding hydrogens is 178 g/mol. The van der Waals surface area contributed by atoms with E-state index in [1.54, 1.807) is 0 Å². The predicted octanol–water partition coefficient (Wildman–Crippen LogP) is 1.15. The third-order valence-electron chi connectivity index (χ3n) is 2.47. The van der Waals surface area contributed by atoms with Gasteiger partial charge in [0.15, 0.2) is 0 Å². The van der Waals surface area contributed by atoms with E-state index in [9.17, 15) is 5.11 Å². The summed E-state index contributed by atoms with van der Waals surface area (Å²) in [4.78, 5) is 0. The van der Waals surface area contributed by atoms with E-state index >= 15 is 0 Å². The van der Waals surface area contributed by atoms with Crippen molar-refractivity contribution >= 4 is 0 Å². The lowest BCUT2D eigenvalue weighted by molar-refractivity contribution is 0.159. The molecule has 0 saturated carbocycles. The summed E-state index contributed by atoms with van der Waals surface area (Å²) >= 11 is 0. The van der Waals surface area contributed by atoms with Crippen LogP contribution in [0.3, 0.4) is 0 Å². The van der Waals surface area contributed by atoms with Crippen LogP contribution >= 0.6 is 0 Å². The number of rotatable bonds is 8. The van der Waals surface area contributed by atoms with Gasteiger partial charge in [0.05, 0.1) is 6.10 Å². The van der Waals surface area contributed by atoms with Crippen molar-refractivity contribution < 1.29 is 10.2 Å². The van der Waals surface area contributed by atoms with Crippen LogP contribution in [0.4, 0.5) is 0 Å². The van der Waals surface area contributed by atoms with Crippen LogP contribution in [-0.4, -0.2) is 36.0 Å². The fourth-order valence-corrected chi connectivity index (χ4v) is 1.37. The Bertz CT molecular complexity index is 137. The summed E-state index contributed by atoms with van der Waals surface area (Å²) in [5.74, 6) is 0. The van der Waals surface area contributed by atoms with Crippen molar-refractivity contribution in [3.8, 4) is 0 Å². The third kappa shape index (κ3) is 7.30. The summed E-state index contributed by atoms with van der Waals surface area (Å²) < 4.78 is 0. The van der Waals surface area contributed by atoms with Crippen LogP contribution in [0.1, 0.15) is 40.0 Å². The van der Waals surface area contributed by atoms with Crippen molar-refractivity contribution in [1.29, 1.82) is 0 Å². The molecule has 1 atom stereocenters. The summed E-state index contributed by atoms with van der Waals surface area (Å²) in [6.07, 6.45) is 2.43. The molecule has 1 unspecified atom stereocenters. The van der Waals surface area contributed by atoms with Crippen LogP contribution < -0.4 is 5.32 Å². The molecule has 3 nitrogen and oxygen atoms in total. The number of aliphatic hydroxyl groups excluding tert-OH is 2. The lowest BCUT2D eigenvalue weighted by atomic mass is 9.88. The number of nitrogens with one attached hydrogen (secondary N) is 1. The van der Waals surface area contributed by atoms with E-state index in [0.717, 1.165) is 25.8 Å². The molecule has 0 aliphatic heterocycles. The molecule has 0 spiro atoms. The van der Waals surface area contributed by atoms with E-state index in [4.69, 9.17) is 5.11 Å². The third-order valence-corrected chi connectivity index (χ3v) is 2.47. The Morgan fingerprint density at radius 2 is 2.00 bits per heavy atom. The lowest BCUT2D eigenvalue weighted by Gasteiger charge is -2.25. The zero-order valence-electron chi connectivity index (χ0n) is 9.71. The van der Waals surface area contributed by atoms with Crippen molar-refractivity contribution in [3.63, 3.8) is 0 Å². The van der Waals surface area contributed by atoms with Gasteiger partial charge in [-0.3, -0.25) is 0 Å². The van der Waals surface area contributed by atoms with E-state index in [0.29, 0.717) is 6.54 Å². The van der Waals surface area contributed by atoms with Crippen LogP contribution in [-0.2, 0) is 0 Å². The number of hydrogen-bond acceptors (Lipinski definition) is 3. The summed E-state index contributed by atoms with van der Waals surface area (Å²) in [7, 11) is 0. The molecule has 0 bridgehead atoms. The molecule has 0 aliphatic rings. The molecule has 0 aromatic carbocycles. The first-order chi connectivity index (χ1) is 6.52. The molecule has 0 fully saturated rings. The predicted molar refractivity (Wildman–Crippen MR) is 59.3 cm³/mol. The highest BCUT2D eigenvalue weighted by molar-refractivity contribution is 4.72. The molecule has 0 saturated heterocycles. The van der Waals surface area contributed by atoms with Crippen LogP contribution in [0.25, 0.3) is 0 Å². The Morgan fingerprint density at radius 1 is 1.36 bits per heavy atom. The van der Waals surface area contributed by atoms with Crippen LogP contribution in [0, 0.1) is 5.41 Å². The van der Waals surface area contributed by atoms with E-state index in [1.165, 1.54) is 0 Å². The second-order valence-electron chi connectivity index (χ2n) is 4.68. The minimum Gasteiger partial charge on any atom is -0.396 e. The minimum atomic E-state index is -0.233. The van der Waals surface area contributed by atoms with Gasteiger partial charge in [-0.1, -0.05) is 20.8 Å². The summed E-state index contributed by atoms with van der Waals surface area (Å²) in [5.41, 5.74) is 0.205. The zero-order valence-corrected chi connectivity index (χ0v) is 9.71. The van der Waals surface area contributed by atoms with Crippen molar-refractivity contribution in [1.82, 2.24) is 5.32 Å². The van der Waals surface area contributed by atoms with E-state index in [-0.39, 0.29) is 18.1 Å². The van der Waals surface area contributed by atoms with Gasteiger partial charge in [0.1, 0.15) is 0 Å². The monoisotopic (exact) mass is 203 g/mol. The second-order valence-corrected chi connectivity index (χ2v) is 4.68. The molecule has 0 rings (SSSR count). The fourth-order valence-electron chi connectivity index (χ4n) is 1.37. The van der Waals surface area contributed by atoms with Crippen molar-refractivity contribution in [2.75, 3.05) is 19.7 Å². The molecule has 0 aliphatic carbocycles. The average molecular weight is 203 g/mol. The molecule has 14 heavy (non-hydrogen) atoms. The molecule has 86 valence electrons. The van der Waals surface area contributed by atoms with Crippen molar-refractivity contribution in [2.45, 2.75) is 46.1 Å². The largest absolute Gasteiger partial charge is 0.396 e. The van der Waals surface area contributed by atoms with E-state index in [2.05, 4.69) is 19.2 Å².